The monoisotopic (exact) mass is 353 g/mol. The first-order valence-electron chi connectivity index (χ1n) is 9.06. The highest BCUT2D eigenvalue weighted by Crippen LogP contribution is 2.31. The molecule has 0 aliphatic rings. The van der Waals surface area contributed by atoms with Crippen LogP contribution in [0.2, 0.25) is 0 Å². The van der Waals surface area contributed by atoms with Crippen molar-refractivity contribution in [1.82, 2.24) is 4.57 Å². The van der Waals surface area contributed by atoms with Gasteiger partial charge in [0.2, 0.25) is 0 Å². The van der Waals surface area contributed by atoms with E-state index in [0.717, 1.165) is 21.9 Å². The Morgan fingerprint density at radius 1 is 0.778 bits per heavy atom. The molecule has 0 aliphatic carbocycles. The third-order valence-corrected chi connectivity index (χ3v) is 5.76. The van der Waals surface area contributed by atoms with Gasteiger partial charge >= 0.3 is 5.63 Å². The molecule has 3 nitrogen and oxygen atoms in total. The van der Waals surface area contributed by atoms with Crippen LogP contribution in [0, 0.1) is 13.8 Å². The van der Waals surface area contributed by atoms with Gasteiger partial charge in [-0.05, 0) is 60.2 Å². The lowest BCUT2D eigenvalue weighted by Crippen LogP contribution is -2.00. The van der Waals surface area contributed by atoms with E-state index < -0.39 is 0 Å². The highest BCUT2D eigenvalue weighted by Gasteiger charge is 2.12. The molecular weight excluding hydrogens is 334 g/mol. The molecule has 5 rings (SSSR count). The van der Waals surface area contributed by atoms with E-state index in [2.05, 4.69) is 49.7 Å². The molecule has 0 atom stereocenters. The highest BCUT2D eigenvalue weighted by atomic mass is 16.4. The van der Waals surface area contributed by atoms with E-state index in [1.165, 1.54) is 22.2 Å². The minimum Gasteiger partial charge on any atom is -0.422 e. The second kappa shape index (κ2) is 5.58. The second-order valence-corrected chi connectivity index (χ2v) is 7.15. The van der Waals surface area contributed by atoms with E-state index in [-0.39, 0.29) is 5.63 Å². The molecule has 0 unspecified atom stereocenters. The maximum Gasteiger partial charge on any atom is 0.344 e. The summed E-state index contributed by atoms with van der Waals surface area (Å²) in [7, 11) is 2.09. The summed E-state index contributed by atoms with van der Waals surface area (Å²) < 4.78 is 7.73. The van der Waals surface area contributed by atoms with Crippen LogP contribution in [0.4, 0.5) is 0 Å². The Hall–Kier alpha value is -3.33. The first-order valence-corrected chi connectivity index (χ1v) is 9.06. The average molecular weight is 353 g/mol. The fourth-order valence-corrected chi connectivity index (χ4v) is 4.00. The SMILES string of the molecule is Cc1c(C)n(C)c2ccc(-c3ccc4c(c3)c(=O)oc3ccccc34)cc12. The molecule has 0 saturated heterocycles. The molecule has 0 saturated carbocycles. The first-order chi connectivity index (χ1) is 13.0. The van der Waals surface area contributed by atoms with E-state index >= 15 is 0 Å². The van der Waals surface area contributed by atoms with Crippen molar-refractivity contribution >= 4 is 32.6 Å². The van der Waals surface area contributed by atoms with Crippen molar-refractivity contribution in [2.45, 2.75) is 13.8 Å². The predicted octanol–water partition coefficient (Wildman–Crippen LogP) is 5.72. The third kappa shape index (κ3) is 2.25. The van der Waals surface area contributed by atoms with Crippen molar-refractivity contribution in [3.05, 3.63) is 82.3 Å². The summed E-state index contributed by atoms with van der Waals surface area (Å²) in [5.41, 5.74) is 6.24. The Labute approximate surface area is 156 Å². The molecule has 5 aromatic rings. The van der Waals surface area contributed by atoms with Crippen LogP contribution in [0.25, 0.3) is 43.8 Å². The van der Waals surface area contributed by atoms with Gasteiger partial charge in [-0.3, -0.25) is 0 Å². The van der Waals surface area contributed by atoms with Crippen molar-refractivity contribution in [3.8, 4) is 11.1 Å². The van der Waals surface area contributed by atoms with Crippen LogP contribution in [-0.2, 0) is 7.05 Å². The van der Waals surface area contributed by atoms with Crippen molar-refractivity contribution in [2.75, 3.05) is 0 Å². The molecular formula is C24H19NO2. The topological polar surface area (TPSA) is 35.1 Å². The molecule has 0 radical (unpaired) electrons. The van der Waals surface area contributed by atoms with Crippen LogP contribution in [-0.4, -0.2) is 4.57 Å². The lowest BCUT2D eigenvalue weighted by Gasteiger charge is -2.07. The maximum absolute atomic E-state index is 12.5. The van der Waals surface area contributed by atoms with Gasteiger partial charge in [-0.1, -0.05) is 36.4 Å². The molecule has 3 heteroatoms. The van der Waals surface area contributed by atoms with Gasteiger partial charge in [0.1, 0.15) is 5.58 Å². The van der Waals surface area contributed by atoms with Crippen LogP contribution in [0.3, 0.4) is 0 Å². The normalized spacial score (nSPS) is 11.7. The fourth-order valence-electron chi connectivity index (χ4n) is 4.00. The fraction of sp³-hybridized carbons (Fsp3) is 0.125. The minimum absolute atomic E-state index is 0.293. The second-order valence-electron chi connectivity index (χ2n) is 7.15. The summed E-state index contributed by atoms with van der Waals surface area (Å²) in [6.07, 6.45) is 0. The van der Waals surface area contributed by atoms with Gasteiger partial charge in [0, 0.05) is 29.0 Å². The zero-order chi connectivity index (χ0) is 18.7. The number of hydrogen-bond donors (Lipinski definition) is 0. The Morgan fingerprint density at radius 2 is 1.48 bits per heavy atom. The number of hydrogen-bond acceptors (Lipinski definition) is 2. The standard InChI is InChI=1S/C24H19NO2/c1-14-15(2)25(3)22-11-9-17(12-20(14)22)16-8-10-18-19-6-4-5-7-23(19)27-24(26)21(18)13-16/h4-13H,1-3H3. The number of rotatable bonds is 1. The lowest BCUT2D eigenvalue weighted by molar-refractivity contribution is 0.569. The van der Waals surface area contributed by atoms with Crippen molar-refractivity contribution in [3.63, 3.8) is 0 Å². The van der Waals surface area contributed by atoms with E-state index in [4.69, 9.17) is 4.42 Å². The highest BCUT2D eigenvalue weighted by molar-refractivity contribution is 6.05. The molecule has 2 heterocycles. The van der Waals surface area contributed by atoms with Crippen molar-refractivity contribution in [2.24, 2.45) is 7.05 Å². The molecule has 3 aromatic carbocycles. The molecule has 2 aromatic heterocycles. The van der Waals surface area contributed by atoms with Crippen LogP contribution < -0.4 is 5.63 Å². The molecule has 0 amide bonds. The van der Waals surface area contributed by atoms with Gasteiger partial charge in [-0.2, -0.15) is 0 Å². The Bertz CT molecular complexity index is 1420. The Balaban J connectivity index is 1.77. The number of nitrogens with zero attached hydrogens (tertiary/aromatic N) is 1. The number of benzene rings is 3. The summed E-state index contributed by atoms with van der Waals surface area (Å²) >= 11 is 0. The van der Waals surface area contributed by atoms with Gasteiger partial charge in [-0.15, -0.1) is 0 Å². The van der Waals surface area contributed by atoms with Gasteiger partial charge in [-0.25, -0.2) is 4.79 Å². The summed E-state index contributed by atoms with van der Waals surface area (Å²) in [5.74, 6) is 0. The number of aryl methyl sites for hydroxylation is 2. The molecule has 27 heavy (non-hydrogen) atoms. The zero-order valence-corrected chi connectivity index (χ0v) is 15.5. The zero-order valence-electron chi connectivity index (χ0n) is 15.5. The van der Waals surface area contributed by atoms with Crippen LogP contribution in [0.15, 0.2) is 69.9 Å². The summed E-state index contributed by atoms with van der Waals surface area (Å²) in [4.78, 5) is 12.5. The summed E-state index contributed by atoms with van der Waals surface area (Å²) in [5, 5.41) is 3.76. The number of fused-ring (bicyclic) bond motifs is 4. The number of aromatic nitrogens is 1. The molecule has 0 bridgehead atoms. The van der Waals surface area contributed by atoms with Crippen LogP contribution in [0.5, 0.6) is 0 Å². The lowest BCUT2D eigenvalue weighted by atomic mass is 9.99. The van der Waals surface area contributed by atoms with Crippen molar-refractivity contribution in [1.29, 1.82) is 0 Å². The van der Waals surface area contributed by atoms with Crippen LogP contribution >= 0.6 is 0 Å². The van der Waals surface area contributed by atoms with E-state index in [1.807, 2.05) is 36.4 Å². The van der Waals surface area contributed by atoms with E-state index in [9.17, 15) is 4.79 Å². The molecule has 0 spiro atoms. The van der Waals surface area contributed by atoms with E-state index in [0.29, 0.717) is 11.0 Å². The summed E-state index contributed by atoms with van der Waals surface area (Å²) in [6.45, 7) is 4.30. The Kier molecular flexibility index (Phi) is 3.28. The smallest absolute Gasteiger partial charge is 0.344 e. The quantitative estimate of drug-likeness (QED) is 0.285. The molecule has 0 fully saturated rings. The van der Waals surface area contributed by atoms with Gasteiger partial charge < -0.3 is 8.98 Å². The van der Waals surface area contributed by atoms with E-state index in [1.54, 1.807) is 0 Å². The Morgan fingerprint density at radius 3 is 2.30 bits per heavy atom. The largest absolute Gasteiger partial charge is 0.422 e. The predicted molar refractivity (Wildman–Crippen MR) is 111 cm³/mol. The summed E-state index contributed by atoms with van der Waals surface area (Å²) in [6, 6.07) is 20.2. The first kappa shape index (κ1) is 15.9. The number of para-hydroxylation sites is 1. The van der Waals surface area contributed by atoms with Crippen LogP contribution in [0.1, 0.15) is 11.3 Å². The minimum atomic E-state index is -0.293. The molecule has 132 valence electrons. The van der Waals surface area contributed by atoms with Gasteiger partial charge in [0.25, 0.3) is 0 Å². The van der Waals surface area contributed by atoms with Gasteiger partial charge in [0.05, 0.1) is 5.39 Å². The molecule has 0 aliphatic heterocycles. The molecule has 0 N–H and O–H groups in total. The van der Waals surface area contributed by atoms with Crippen molar-refractivity contribution < 1.29 is 4.42 Å². The third-order valence-electron chi connectivity index (χ3n) is 5.76. The maximum atomic E-state index is 12.5. The average Bonchev–Trinajstić information content (AvgIpc) is 2.92. The van der Waals surface area contributed by atoms with Gasteiger partial charge in [0.15, 0.2) is 0 Å².